The van der Waals surface area contributed by atoms with Crippen molar-refractivity contribution in [1.82, 2.24) is 5.06 Å². The number of hydrogen-bond donors (Lipinski definition) is 2. The van der Waals surface area contributed by atoms with Crippen LogP contribution in [0.2, 0.25) is 0 Å². The van der Waals surface area contributed by atoms with Crippen molar-refractivity contribution in [3.63, 3.8) is 0 Å². The highest BCUT2D eigenvalue weighted by Crippen LogP contribution is 2.31. The number of urea groups is 1. The van der Waals surface area contributed by atoms with E-state index < -0.39 is 12.1 Å². The maximum atomic E-state index is 10.8. The Morgan fingerprint density at radius 3 is 2.61 bits per heavy atom. The fraction of sp³-hybridized carbons (Fsp3) is 0.154. The molecule has 1 aromatic heterocycles. The van der Waals surface area contributed by atoms with Gasteiger partial charge in [-0.2, -0.15) is 5.06 Å². The zero-order valence-electron chi connectivity index (χ0n) is 9.91. The Kier molecular flexibility index (Phi) is 4.72. The van der Waals surface area contributed by atoms with Crippen molar-refractivity contribution in [3.05, 3.63) is 35.2 Å². The molecule has 0 unspecified atom stereocenters. The number of fused-ring (bicyclic) bond motifs is 1. The Bertz CT molecular complexity index is 529. The van der Waals surface area contributed by atoms with Crippen molar-refractivity contribution >= 4 is 27.5 Å². The topological polar surface area (TPSA) is 66.6 Å². The van der Waals surface area contributed by atoms with Gasteiger partial charge in [-0.15, -0.1) is 24.2 Å². The molecule has 5 heteroatoms. The summed E-state index contributed by atoms with van der Waals surface area (Å²) in [5, 5.41) is 11.1. The molecule has 0 aliphatic carbocycles. The van der Waals surface area contributed by atoms with Crippen LogP contribution in [0, 0.1) is 12.8 Å². The van der Waals surface area contributed by atoms with Gasteiger partial charge in [0.05, 0.1) is 6.04 Å². The monoisotopic (exact) mass is 262 g/mol. The predicted molar refractivity (Wildman–Crippen MR) is 73.3 cm³/mol. The van der Waals surface area contributed by atoms with Crippen LogP contribution in [-0.4, -0.2) is 16.3 Å². The number of amides is 2. The Hall–Kier alpha value is -2.03. The number of primary amides is 1. The maximum Gasteiger partial charge on any atom is 0.339 e. The standard InChI is InChI=1S/C11H12N2O2S.C2H2/c1-7(13(15)11(12)14)10-6-8-4-2-3-5-9(8)16-10;1-2/h2-7,15H,1H3,(H2,12,14);1-2H/t7-;/m0./s1. The Labute approximate surface area is 110 Å². The summed E-state index contributed by atoms with van der Waals surface area (Å²) in [5.74, 6) is 0. The summed E-state index contributed by atoms with van der Waals surface area (Å²) in [6, 6.07) is 8.60. The first kappa shape index (κ1) is 14.0. The molecule has 0 bridgehead atoms. The second kappa shape index (κ2) is 6.05. The van der Waals surface area contributed by atoms with E-state index in [4.69, 9.17) is 5.73 Å². The van der Waals surface area contributed by atoms with E-state index in [9.17, 15) is 10.0 Å². The van der Waals surface area contributed by atoms with Crippen molar-refractivity contribution < 1.29 is 10.0 Å². The van der Waals surface area contributed by atoms with Crippen LogP contribution < -0.4 is 5.73 Å². The molecular weight excluding hydrogens is 248 g/mol. The second-order valence-corrected chi connectivity index (χ2v) is 4.66. The lowest BCUT2D eigenvalue weighted by Crippen LogP contribution is -2.34. The molecule has 2 aromatic rings. The van der Waals surface area contributed by atoms with E-state index in [0.717, 1.165) is 15.0 Å². The number of hydrogen-bond acceptors (Lipinski definition) is 3. The van der Waals surface area contributed by atoms with Gasteiger partial charge < -0.3 is 5.73 Å². The lowest BCUT2D eigenvalue weighted by atomic mass is 10.2. The minimum absolute atomic E-state index is 0.421. The third-order valence-corrected chi connectivity index (χ3v) is 3.74. The van der Waals surface area contributed by atoms with Gasteiger partial charge in [0.2, 0.25) is 0 Å². The molecule has 18 heavy (non-hydrogen) atoms. The Balaban J connectivity index is 0.000000771. The molecule has 4 nitrogen and oxygen atoms in total. The number of benzene rings is 1. The van der Waals surface area contributed by atoms with Crippen molar-refractivity contribution in [2.24, 2.45) is 5.73 Å². The minimum atomic E-state index is -0.843. The molecule has 1 heterocycles. The molecule has 0 aliphatic rings. The van der Waals surface area contributed by atoms with Crippen LogP contribution in [-0.2, 0) is 0 Å². The number of rotatable bonds is 2. The van der Waals surface area contributed by atoms with Gasteiger partial charge >= 0.3 is 6.03 Å². The zero-order chi connectivity index (χ0) is 13.7. The molecule has 0 saturated heterocycles. The van der Waals surface area contributed by atoms with Crippen molar-refractivity contribution in [3.8, 4) is 12.8 Å². The van der Waals surface area contributed by atoms with E-state index in [-0.39, 0.29) is 0 Å². The van der Waals surface area contributed by atoms with Gasteiger partial charge in [0.15, 0.2) is 0 Å². The van der Waals surface area contributed by atoms with Gasteiger partial charge in [0.25, 0.3) is 0 Å². The summed E-state index contributed by atoms with van der Waals surface area (Å²) in [4.78, 5) is 11.7. The smallest absolute Gasteiger partial charge is 0.339 e. The molecule has 94 valence electrons. The third kappa shape index (κ3) is 2.80. The number of carbonyl (C=O) groups excluding carboxylic acids is 1. The summed E-state index contributed by atoms with van der Waals surface area (Å²) >= 11 is 1.54. The van der Waals surface area contributed by atoms with E-state index in [1.165, 1.54) is 0 Å². The van der Waals surface area contributed by atoms with Crippen molar-refractivity contribution in [1.29, 1.82) is 0 Å². The second-order valence-electron chi connectivity index (χ2n) is 3.55. The lowest BCUT2D eigenvalue weighted by Gasteiger charge is -2.18. The SMILES string of the molecule is C#C.C[C@@H](c1cc2ccccc2s1)N(O)C(N)=O. The van der Waals surface area contributed by atoms with Crippen LogP contribution in [0.1, 0.15) is 17.8 Å². The zero-order valence-corrected chi connectivity index (χ0v) is 10.7. The van der Waals surface area contributed by atoms with Crippen molar-refractivity contribution in [2.75, 3.05) is 0 Å². The molecule has 0 radical (unpaired) electrons. The number of nitrogens with zero attached hydrogens (tertiary/aromatic N) is 1. The van der Waals surface area contributed by atoms with E-state index in [1.807, 2.05) is 30.3 Å². The van der Waals surface area contributed by atoms with Crippen molar-refractivity contribution in [2.45, 2.75) is 13.0 Å². The summed E-state index contributed by atoms with van der Waals surface area (Å²) in [6.07, 6.45) is 8.00. The summed E-state index contributed by atoms with van der Waals surface area (Å²) in [7, 11) is 0. The third-order valence-electron chi connectivity index (χ3n) is 2.45. The molecule has 3 N–H and O–H groups in total. The largest absolute Gasteiger partial charge is 0.350 e. The molecule has 1 aromatic carbocycles. The van der Waals surface area contributed by atoms with Gasteiger partial charge in [-0.1, -0.05) is 18.2 Å². The first-order chi connectivity index (χ1) is 8.59. The van der Waals surface area contributed by atoms with Crippen LogP contribution in [0.5, 0.6) is 0 Å². The highest BCUT2D eigenvalue weighted by molar-refractivity contribution is 7.19. The van der Waals surface area contributed by atoms with Crippen LogP contribution in [0.25, 0.3) is 10.1 Å². The lowest BCUT2D eigenvalue weighted by molar-refractivity contribution is -0.0700. The quantitative estimate of drug-likeness (QED) is 0.496. The van der Waals surface area contributed by atoms with Gasteiger partial charge in [-0.25, -0.2) is 4.79 Å². The molecule has 0 aliphatic heterocycles. The summed E-state index contributed by atoms with van der Waals surface area (Å²) < 4.78 is 1.13. The molecule has 0 spiro atoms. The fourth-order valence-electron chi connectivity index (χ4n) is 1.52. The molecule has 1 atom stereocenters. The van der Waals surface area contributed by atoms with Crippen LogP contribution in [0.15, 0.2) is 30.3 Å². The van der Waals surface area contributed by atoms with E-state index in [1.54, 1.807) is 18.3 Å². The Morgan fingerprint density at radius 2 is 2.06 bits per heavy atom. The van der Waals surface area contributed by atoms with E-state index in [0.29, 0.717) is 5.06 Å². The number of hydroxylamine groups is 2. The molecular formula is C13H14N2O2S. The molecule has 2 amide bonds. The average molecular weight is 262 g/mol. The predicted octanol–water partition coefficient (Wildman–Crippen LogP) is 2.98. The highest BCUT2D eigenvalue weighted by Gasteiger charge is 2.18. The number of nitrogens with two attached hydrogens (primary N) is 1. The van der Waals surface area contributed by atoms with Gasteiger partial charge in [0, 0.05) is 9.58 Å². The maximum absolute atomic E-state index is 10.8. The normalized spacial score (nSPS) is 11.3. The van der Waals surface area contributed by atoms with E-state index >= 15 is 0 Å². The first-order valence-electron chi connectivity index (χ1n) is 5.19. The summed E-state index contributed by atoms with van der Waals surface area (Å²) in [5.41, 5.74) is 5.01. The number of carbonyl (C=O) groups is 1. The Morgan fingerprint density at radius 1 is 1.44 bits per heavy atom. The van der Waals surface area contributed by atoms with Gasteiger partial charge in [0.1, 0.15) is 0 Å². The van der Waals surface area contributed by atoms with Gasteiger partial charge in [-0.3, -0.25) is 5.21 Å². The molecule has 0 saturated carbocycles. The first-order valence-corrected chi connectivity index (χ1v) is 6.00. The van der Waals surface area contributed by atoms with Crippen LogP contribution in [0.3, 0.4) is 0 Å². The number of terminal acetylenes is 1. The van der Waals surface area contributed by atoms with E-state index in [2.05, 4.69) is 12.8 Å². The fourth-order valence-corrected chi connectivity index (χ4v) is 2.62. The van der Waals surface area contributed by atoms with Crippen LogP contribution in [0.4, 0.5) is 4.79 Å². The van der Waals surface area contributed by atoms with Crippen LogP contribution >= 0.6 is 11.3 Å². The molecule has 0 fully saturated rings. The minimum Gasteiger partial charge on any atom is -0.350 e. The number of thiophene rings is 1. The summed E-state index contributed by atoms with van der Waals surface area (Å²) in [6.45, 7) is 1.73. The van der Waals surface area contributed by atoms with Gasteiger partial charge in [-0.05, 0) is 24.4 Å². The average Bonchev–Trinajstić information content (AvgIpc) is 2.83. The highest BCUT2D eigenvalue weighted by atomic mass is 32.1. The molecule has 2 rings (SSSR count).